The Morgan fingerprint density at radius 2 is 1.69 bits per heavy atom. The van der Waals surface area contributed by atoms with Gasteiger partial charge in [0.15, 0.2) is 0 Å². The number of nitrogens with two attached hydrogens (primary N) is 1. The molecular weight excluding hydrogens is 196 g/mol. The van der Waals surface area contributed by atoms with E-state index in [2.05, 4.69) is 63.9 Å². The SMILES string of the molecule is Cc1ccccc1C(C(C)N)N(C)C(C)C. The fourth-order valence-electron chi connectivity index (χ4n) is 2.11. The highest BCUT2D eigenvalue weighted by molar-refractivity contribution is 5.29. The van der Waals surface area contributed by atoms with Crippen molar-refractivity contribution in [3.05, 3.63) is 35.4 Å². The quantitative estimate of drug-likeness (QED) is 0.845. The largest absolute Gasteiger partial charge is 0.326 e. The summed E-state index contributed by atoms with van der Waals surface area (Å²) in [6.07, 6.45) is 0. The van der Waals surface area contributed by atoms with Crippen LogP contribution in [0, 0.1) is 6.92 Å². The first kappa shape index (κ1) is 13.2. The predicted octanol–water partition coefficient (Wildman–Crippen LogP) is 2.72. The Morgan fingerprint density at radius 1 is 1.12 bits per heavy atom. The molecule has 0 radical (unpaired) electrons. The third-order valence-electron chi connectivity index (χ3n) is 3.26. The first-order valence-electron chi connectivity index (χ1n) is 5.98. The van der Waals surface area contributed by atoms with E-state index in [-0.39, 0.29) is 6.04 Å². The molecule has 0 fully saturated rings. The molecule has 0 amide bonds. The Hall–Kier alpha value is -0.860. The molecule has 0 saturated carbocycles. The number of hydrogen-bond acceptors (Lipinski definition) is 2. The van der Waals surface area contributed by atoms with Gasteiger partial charge in [0.25, 0.3) is 0 Å². The lowest BCUT2D eigenvalue weighted by molar-refractivity contribution is 0.175. The van der Waals surface area contributed by atoms with Crippen LogP contribution in [0.3, 0.4) is 0 Å². The maximum Gasteiger partial charge on any atom is 0.0498 e. The van der Waals surface area contributed by atoms with Gasteiger partial charge < -0.3 is 5.73 Å². The van der Waals surface area contributed by atoms with Crippen LogP contribution in [-0.4, -0.2) is 24.0 Å². The Kier molecular flexibility index (Phi) is 4.51. The number of aryl methyl sites for hydroxylation is 1. The minimum atomic E-state index is 0.133. The smallest absolute Gasteiger partial charge is 0.0498 e. The topological polar surface area (TPSA) is 29.3 Å². The molecule has 1 rings (SSSR count). The van der Waals surface area contributed by atoms with Crippen molar-refractivity contribution < 1.29 is 0 Å². The monoisotopic (exact) mass is 220 g/mol. The Bertz CT molecular complexity index is 331. The molecule has 2 N–H and O–H groups in total. The number of rotatable bonds is 4. The molecule has 0 saturated heterocycles. The molecule has 0 aliphatic heterocycles. The zero-order chi connectivity index (χ0) is 12.3. The van der Waals surface area contributed by atoms with E-state index in [1.165, 1.54) is 11.1 Å². The lowest BCUT2D eigenvalue weighted by Crippen LogP contribution is -2.41. The van der Waals surface area contributed by atoms with Crippen LogP contribution in [0.4, 0.5) is 0 Å². The minimum absolute atomic E-state index is 0.133. The lowest BCUT2D eigenvalue weighted by atomic mass is 9.94. The number of hydrogen-bond donors (Lipinski definition) is 1. The van der Waals surface area contributed by atoms with E-state index in [0.717, 1.165) is 0 Å². The molecule has 2 unspecified atom stereocenters. The average molecular weight is 220 g/mol. The van der Waals surface area contributed by atoms with Gasteiger partial charge in [-0.05, 0) is 45.9 Å². The summed E-state index contributed by atoms with van der Waals surface area (Å²) in [6.45, 7) is 8.64. The molecular formula is C14H24N2. The van der Waals surface area contributed by atoms with E-state index in [9.17, 15) is 0 Å². The van der Waals surface area contributed by atoms with E-state index in [0.29, 0.717) is 12.1 Å². The van der Waals surface area contributed by atoms with Gasteiger partial charge in [0.1, 0.15) is 0 Å². The maximum atomic E-state index is 6.13. The summed E-state index contributed by atoms with van der Waals surface area (Å²) in [4.78, 5) is 2.34. The molecule has 1 aromatic rings. The van der Waals surface area contributed by atoms with Gasteiger partial charge in [-0.15, -0.1) is 0 Å². The minimum Gasteiger partial charge on any atom is -0.326 e. The Labute approximate surface area is 99.5 Å². The van der Waals surface area contributed by atoms with Gasteiger partial charge >= 0.3 is 0 Å². The number of nitrogens with zero attached hydrogens (tertiary/aromatic N) is 1. The van der Waals surface area contributed by atoms with Gasteiger partial charge in [0, 0.05) is 18.1 Å². The van der Waals surface area contributed by atoms with Gasteiger partial charge in [-0.25, -0.2) is 0 Å². The number of likely N-dealkylation sites (N-methyl/N-ethyl adjacent to an activating group) is 1. The van der Waals surface area contributed by atoms with Gasteiger partial charge in [0.2, 0.25) is 0 Å². The Morgan fingerprint density at radius 3 is 2.12 bits per heavy atom. The fourth-order valence-corrected chi connectivity index (χ4v) is 2.11. The summed E-state index contributed by atoms with van der Waals surface area (Å²) in [5, 5.41) is 0. The van der Waals surface area contributed by atoms with Crippen molar-refractivity contribution in [1.82, 2.24) is 4.90 Å². The molecule has 0 spiro atoms. The van der Waals surface area contributed by atoms with Gasteiger partial charge in [0.05, 0.1) is 0 Å². The Balaban J connectivity index is 3.08. The highest BCUT2D eigenvalue weighted by Crippen LogP contribution is 2.26. The van der Waals surface area contributed by atoms with Crippen molar-refractivity contribution in [2.45, 2.75) is 45.8 Å². The summed E-state index contributed by atoms with van der Waals surface area (Å²) >= 11 is 0. The summed E-state index contributed by atoms with van der Waals surface area (Å²) in [6, 6.07) is 9.42. The van der Waals surface area contributed by atoms with Crippen molar-refractivity contribution >= 4 is 0 Å². The molecule has 1 aromatic carbocycles. The van der Waals surface area contributed by atoms with Crippen LogP contribution in [0.1, 0.15) is 37.9 Å². The summed E-state index contributed by atoms with van der Waals surface area (Å²) in [7, 11) is 2.14. The van der Waals surface area contributed by atoms with Crippen LogP contribution in [0.5, 0.6) is 0 Å². The molecule has 0 aliphatic carbocycles. The molecule has 0 bridgehead atoms. The molecule has 0 heterocycles. The molecule has 0 aliphatic rings. The molecule has 16 heavy (non-hydrogen) atoms. The number of benzene rings is 1. The van der Waals surface area contributed by atoms with Crippen molar-refractivity contribution in [2.24, 2.45) is 5.73 Å². The second-order valence-electron chi connectivity index (χ2n) is 4.92. The molecule has 2 heteroatoms. The van der Waals surface area contributed by atoms with Crippen molar-refractivity contribution in [2.75, 3.05) is 7.05 Å². The summed E-state index contributed by atoms with van der Waals surface area (Å²) < 4.78 is 0. The van der Waals surface area contributed by atoms with Crippen molar-refractivity contribution in [3.63, 3.8) is 0 Å². The van der Waals surface area contributed by atoms with E-state index in [1.807, 2.05) is 0 Å². The summed E-state index contributed by atoms with van der Waals surface area (Å²) in [5.74, 6) is 0. The van der Waals surface area contributed by atoms with Crippen LogP contribution in [0.25, 0.3) is 0 Å². The third kappa shape index (κ3) is 2.83. The van der Waals surface area contributed by atoms with Crippen molar-refractivity contribution in [3.8, 4) is 0 Å². The van der Waals surface area contributed by atoms with Gasteiger partial charge in [-0.1, -0.05) is 24.3 Å². The van der Waals surface area contributed by atoms with Crippen LogP contribution < -0.4 is 5.73 Å². The first-order valence-corrected chi connectivity index (χ1v) is 5.98. The molecule has 90 valence electrons. The van der Waals surface area contributed by atoms with Crippen LogP contribution in [0.2, 0.25) is 0 Å². The van der Waals surface area contributed by atoms with Crippen LogP contribution in [0.15, 0.2) is 24.3 Å². The molecule has 0 aromatic heterocycles. The highest BCUT2D eigenvalue weighted by Gasteiger charge is 2.23. The maximum absolute atomic E-state index is 6.13. The molecule has 2 nitrogen and oxygen atoms in total. The zero-order valence-electron chi connectivity index (χ0n) is 11.1. The molecule has 2 atom stereocenters. The summed E-state index contributed by atoms with van der Waals surface area (Å²) in [5.41, 5.74) is 8.79. The van der Waals surface area contributed by atoms with Crippen LogP contribution in [-0.2, 0) is 0 Å². The van der Waals surface area contributed by atoms with E-state index >= 15 is 0 Å². The van der Waals surface area contributed by atoms with Gasteiger partial charge in [-0.3, -0.25) is 4.90 Å². The highest BCUT2D eigenvalue weighted by atomic mass is 15.2. The van der Waals surface area contributed by atoms with E-state index in [4.69, 9.17) is 5.73 Å². The zero-order valence-corrected chi connectivity index (χ0v) is 11.1. The second-order valence-corrected chi connectivity index (χ2v) is 4.92. The second kappa shape index (κ2) is 5.46. The normalized spacial score (nSPS) is 15.5. The average Bonchev–Trinajstić information content (AvgIpc) is 2.20. The predicted molar refractivity (Wildman–Crippen MR) is 70.5 cm³/mol. The van der Waals surface area contributed by atoms with E-state index < -0.39 is 0 Å². The van der Waals surface area contributed by atoms with Gasteiger partial charge in [-0.2, -0.15) is 0 Å². The third-order valence-corrected chi connectivity index (χ3v) is 3.26. The van der Waals surface area contributed by atoms with Crippen LogP contribution >= 0.6 is 0 Å². The fraction of sp³-hybridized carbons (Fsp3) is 0.571. The van der Waals surface area contributed by atoms with Crippen molar-refractivity contribution in [1.29, 1.82) is 0 Å². The standard InChI is InChI=1S/C14H24N2/c1-10(2)16(5)14(12(4)15)13-9-7-6-8-11(13)3/h6-10,12,14H,15H2,1-5H3. The lowest BCUT2D eigenvalue weighted by Gasteiger charge is -2.35. The first-order chi connectivity index (χ1) is 7.45. The van der Waals surface area contributed by atoms with E-state index in [1.54, 1.807) is 0 Å².